The van der Waals surface area contributed by atoms with E-state index in [-0.39, 0.29) is 30.2 Å². The third kappa shape index (κ3) is 3.73. The highest BCUT2D eigenvalue weighted by atomic mass is 16.2. The van der Waals surface area contributed by atoms with Crippen LogP contribution in [-0.2, 0) is 9.59 Å². The first-order valence-corrected chi connectivity index (χ1v) is 12.0. The number of likely N-dealkylation sites (tertiary alicyclic amines) is 1. The molecule has 3 heterocycles. The molecule has 2 bridgehead atoms. The Balaban J connectivity index is 1.23. The van der Waals surface area contributed by atoms with Gasteiger partial charge in [-0.2, -0.15) is 0 Å². The van der Waals surface area contributed by atoms with Crippen LogP contribution in [0.3, 0.4) is 0 Å². The fraction of sp³-hybridized carbons (Fsp3) is 0.667. The van der Waals surface area contributed by atoms with Gasteiger partial charge in [0.05, 0.1) is 5.56 Å². The van der Waals surface area contributed by atoms with Gasteiger partial charge in [0.15, 0.2) is 0 Å². The van der Waals surface area contributed by atoms with Crippen LogP contribution in [0, 0.1) is 17.8 Å². The van der Waals surface area contributed by atoms with E-state index in [1.807, 2.05) is 6.92 Å². The molecular formula is C24H33N5O3. The number of hydrogen-bond acceptors (Lipinski definition) is 5. The topological polar surface area (TPSA) is 103 Å². The Morgan fingerprint density at radius 1 is 1.22 bits per heavy atom. The van der Waals surface area contributed by atoms with Crippen LogP contribution in [0.5, 0.6) is 0 Å². The predicted molar refractivity (Wildman–Crippen MR) is 120 cm³/mol. The maximum Gasteiger partial charge on any atom is 0.256 e. The van der Waals surface area contributed by atoms with Crippen LogP contribution in [-0.4, -0.2) is 51.9 Å². The molecule has 2 saturated carbocycles. The number of carbonyl (C=O) groups is 3. The Morgan fingerprint density at radius 2 is 2.06 bits per heavy atom. The van der Waals surface area contributed by atoms with Crippen molar-refractivity contribution in [2.24, 2.45) is 17.8 Å². The largest absolute Gasteiger partial charge is 0.352 e. The van der Waals surface area contributed by atoms with Crippen molar-refractivity contribution >= 4 is 23.5 Å². The number of nitrogens with one attached hydrogen (secondary N) is 3. The highest BCUT2D eigenvalue weighted by Crippen LogP contribution is 2.49. The average Bonchev–Trinajstić information content (AvgIpc) is 3.38. The zero-order chi connectivity index (χ0) is 22.5. The molecule has 1 aromatic rings. The van der Waals surface area contributed by atoms with Crippen LogP contribution in [0.2, 0.25) is 0 Å². The zero-order valence-electron chi connectivity index (χ0n) is 18.9. The van der Waals surface area contributed by atoms with Crippen LogP contribution >= 0.6 is 0 Å². The highest BCUT2D eigenvalue weighted by molar-refractivity contribution is 6.01. The van der Waals surface area contributed by atoms with E-state index in [2.05, 4.69) is 27.9 Å². The van der Waals surface area contributed by atoms with Crippen molar-refractivity contribution in [1.82, 2.24) is 20.5 Å². The molecule has 32 heavy (non-hydrogen) atoms. The number of amides is 3. The maximum atomic E-state index is 13.1. The minimum Gasteiger partial charge on any atom is -0.352 e. The Bertz CT molecular complexity index is 936. The first-order valence-electron chi connectivity index (χ1n) is 12.0. The summed E-state index contributed by atoms with van der Waals surface area (Å²) in [5.74, 6) is 2.35. The van der Waals surface area contributed by atoms with Crippen molar-refractivity contribution in [3.8, 4) is 0 Å². The smallest absolute Gasteiger partial charge is 0.256 e. The molecule has 6 unspecified atom stereocenters. The van der Waals surface area contributed by atoms with Gasteiger partial charge in [-0.05, 0) is 69.4 Å². The summed E-state index contributed by atoms with van der Waals surface area (Å²) < 4.78 is 0. The van der Waals surface area contributed by atoms with E-state index in [4.69, 9.17) is 0 Å². The maximum absolute atomic E-state index is 13.1. The zero-order valence-corrected chi connectivity index (χ0v) is 18.9. The molecule has 1 aromatic heterocycles. The molecule has 4 aliphatic rings. The minimum absolute atomic E-state index is 0.0556. The summed E-state index contributed by atoms with van der Waals surface area (Å²) in [6.07, 6.45) is 8.03. The van der Waals surface area contributed by atoms with Gasteiger partial charge in [0.25, 0.3) is 5.91 Å². The third-order valence-electron chi connectivity index (χ3n) is 8.28. The number of carbonyl (C=O) groups excluding carboxylic acids is 3. The third-order valence-corrected chi connectivity index (χ3v) is 8.28. The summed E-state index contributed by atoms with van der Waals surface area (Å²) >= 11 is 0. The minimum atomic E-state index is -0.727. The second kappa shape index (κ2) is 8.05. The Morgan fingerprint density at radius 3 is 2.81 bits per heavy atom. The molecule has 0 radical (unpaired) electrons. The molecule has 172 valence electrons. The first-order chi connectivity index (χ1) is 15.3. The van der Waals surface area contributed by atoms with E-state index in [9.17, 15) is 14.4 Å². The van der Waals surface area contributed by atoms with Gasteiger partial charge in [-0.1, -0.05) is 6.42 Å². The van der Waals surface area contributed by atoms with E-state index < -0.39 is 11.7 Å². The molecule has 6 atom stereocenters. The van der Waals surface area contributed by atoms with Gasteiger partial charge in [-0.15, -0.1) is 0 Å². The van der Waals surface area contributed by atoms with E-state index in [0.29, 0.717) is 36.7 Å². The number of anilines is 1. The Kier molecular flexibility index (Phi) is 5.34. The van der Waals surface area contributed by atoms with Gasteiger partial charge < -0.3 is 20.9 Å². The molecule has 1 spiro atoms. The lowest BCUT2D eigenvalue weighted by Crippen LogP contribution is -2.58. The van der Waals surface area contributed by atoms with Gasteiger partial charge >= 0.3 is 0 Å². The van der Waals surface area contributed by atoms with Crippen molar-refractivity contribution in [3.05, 3.63) is 23.9 Å². The van der Waals surface area contributed by atoms with Crippen LogP contribution in [0.1, 0.15) is 69.2 Å². The van der Waals surface area contributed by atoms with Gasteiger partial charge in [-0.25, -0.2) is 4.98 Å². The molecule has 8 heteroatoms. The summed E-state index contributed by atoms with van der Waals surface area (Å²) in [4.78, 5) is 44.6. The molecule has 3 N–H and O–H groups in total. The van der Waals surface area contributed by atoms with Crippen molar-refractivity contribution in [2.75, 3.05) is 11.9 Å². The molecule has 3 fully saturated rings. The van der Waals surface area contributed by atoms with Gasteiger partial charge in [0.2, 0.25) is 11.8 Å². The lowest BCUT2D eigenvalue weighted by atomic mass is 9.84. The molecule has 8 nitrogen and oxygen atoms in total. The average molecular weight is 440 g/mol. The van der Waals surface area contributed by atoms with E-state index >= 15 is 0 Å². The fourth-order valence-electron chi connectivity index (χ4n) is 6.42. The van der Waals surface area contributed by atoms with Gasteiger partial charge in [0, 0.05) is 31.6 Å². The lowest BCUT2D eigenvalue weighted by molar-refractivity contribution is -0.139. The standard InChI is InChI=1S/C24H33N5O3/c1-14(19-13-16-5-6-17(19)12-16)26-22(31)15(2)29-11-9-24(8-7-20(29)30)27-21-18(23(32)28-24)4-3-10-25-21/h3-4,10,14-17,19H,5-9,11-13H2,1-2H3,(H,25,27)(H,26,31)(H,28,32). The number of aromatic nitrogens is 1. The number of pyridine rings is 1. The monoisotopic (exact) mass is 439 g/mol. The molecule has 3 amide bonds. The fourth-order valence-corrected chi connectivity index (χ4v) is 6.42. The summed E-state index contributed by atoms with van der Waals surface area (Å²) in [6.45, 7) is 4.31. The number of hydrogen-bond donors (Lipinski definition) is 3. The number of fused-ring (bicyclic) bond motifs is 3. The number of rotatable bonds is 4. The number of nitrogens with zero attached hydrogens (tertiary/aromatic N) is 2. The predicted octanol–water partition coefficient (Wildman–Crippen LogP) is 2.28. The van der Waals surface area contributed by atoms with E-state index in [1.165, 1.54) is 25.7 Å². The van der Waals surface area contributed by atoms with E-state index in [1.54, 1.807) is 23.2 Å². The normalized spacial score (nSPS) is 33.2. The molecule has 0 aromatic carbocycles. The Labute approximate surface area is 188 Å². The van der Waals surface area contributed by atoms with E-state index in [0.717, 1.165) is 11.8 Å². The van der Waals surface area contributed by atoms with Crippen LogP contribution in [0.4, 0.5) is 5.82 Å². The molecule has 2 aliphatic carbocycles. The summed E-state index contributed by atoms with van der Waals surface area (Å²) in [7, 11) is 0. The highest BCUT2D eigenvalue weighted by Gasteiger charge is 2.44. The SMILES string of the molecule is CC(NC(=O)C(C)N1CCC2(CCC1=O)NC(=O)c1cccnc1N2)C1CC2CCC1C2. The Hall–Kier alpha value is -2.64. The second-order valence-corrected chi connectivity index (χ2v) is 10.2. The molecule has 5 rings (SSSR count). The quantitative estimate of drug-likeness (QED) is 0.668. The van der Waals surface area contributed by atoms with Crippen molar-refractivity contribution < 1.29 is 14.4 Å². The van der Waals surface area contributed by atoms with Crippen LogP contribution in [0.15, 0.2) is 18.3 Å². The summed E-state index contributed by atoms with van der Waals surface area (Å²) in [5.41, 5.74) is -0.219. The second-order valence-electron chi connectivity index (χ2n) is 10.2. The van der Waals surface area contributed by atoms with Gasteiger partial charge in [0.1, 0.15) is 17.5 Å². The van der Waals surface area contributed by atoms with Crippen molar-refractivity contribution in [2.45, 2.75) is 76.5 Å². The van der Waals surface area contributed by atoms with Crippen LogP contribution < -0.4 is 16.0 Å². The van der Waals surface area contributed by atoms with Crippen LogP contribution in [0.25, 0.3) is 0 Å². The van der Waals surface area contributed by atoms with Crippen molar-refractivity contribution in [3.63, 3.8) is 0 Å². The van der Waals surface area contributed by atoms with Gasteiger partial charge in [-0.3, -0.25) is 14.4 Å². The lowest BCUT2D eigenvalue weighted by Gasteiger charge is -2.39. The molecule has 1 saturated heterocycles. The summed E-state index contributed by atoms with van der Waals surface area (Å²) in [5, 5.41) is 9.61. The molecule has 2 aliphatic heterocycles. The summed E-state index contributed by atoms with van der Waals surface area (Å²) in [6, 6.07) is 3.06. The molecular weight excluding hydrogens is 406 g/mol. The van der Waals surface area contributed by atoms with Crippen molar-refractivity contribution in [1.29, 1.82) is 0 Å². The first kappa shape index (κ1) is 21.2.